The molecular weight excluding hydrogens is 282 g/mol. The monoisotopic (exact) mass is 302 g/mol. The fourth-order valence-electron chi connectivity index (χ4n) is 1.85. The Kier molecular flexibility index (Phi) is 7.63. The molecule has 0 spiro atoms. The first-order chi connectivity index (χ1) is 10.1. The van der Waals surface area contributed by atoms with E-state index in [2.05, 4.69) is 5.32 Å². The quantitative estimate of drug-likeness (QED) is 0.727. The summed E-state index contributed by atoms with van der Waals surface area (Å²) in [6, 6.07) is 6.94. The second-order valence-electron chi connectivity index (χ2n) is 4.41. The largest absolute Gasteiger partial charge is 0.495 e. The van der Waals surface area contributed by atoms with Gasteiger partial charge in [0, 0.05) is 19.5 Å². The minimum Gasteiger partial charge on any atom is -0.495 e. The van der Waals surface area contributed by atoms with Crippen LogP contribution in [0.3, 0.4) is 0 Å². The number of alkyl halides is 2. The molecule has 0 unspecified atom stereocenters. The topological polar surface area (TPSA) is 61.8 Å². The van der Waals surface area contributed by atoms with E-state index < -0.39 is 13.0 Å². The van der Waals surface area contributed by atoms with Crippen LogP contribution in [-0.4, -0.2) is 55.7 Å². The van der Waals surface area contributed by atoms with Crippen LogP contribution in [0.4, 0.5) is 14.5 Å². The number of methoxy groups -OCH3 is 1. The fraction of sp³-hybridized carbons (Fsp3) is 0.500. The van der Waals surface area contributed by atoms with Crippen molar-refractivity contribution < 1.29 is 23.4 Å². The lowest BCUT2D eigenvalue weighted by atomic mass is 10.2. The maximum Gasteiger partial charge on any atom is 0.251 e. The Labute approximate surface area is 122 Å². The number of hydrogen-bond acceptors (Lipinski definition) is 4. The van der Waals surface area contributed by atoms with Crippen LogP contribution in [0.1, 0.15) is 6.42 Å². The molecule has 1 aromatic carbocycles. The molecule has 21 heavy (non-hydrogen) atoms. The molecule has 0 bridgehead atoms. The predicted molar refractivity (Wildman–Crippen MR) is 75.8 cm³/mol. The number of ether oxygens (including phenoxy) is 1. The van der Waals surface area contributed by atoms with Crippen molar-refractivity contribution in [2.75, 3.05) is 38.7 Å². The average Bonchev–Trinajstić information content (AvgIpc) is 2.45. The zero-order chi connectivity index (χ0) is 15.7. The number of benzene rings is 1. The number of aliphatic hydroxyl groups excluding tert-OH is 1. The molecule has 0 fully saturated rings. The predicted octanol–water partition coefficient (Wildman–Crippen LogP) is 1.58. The summed E-state index contributed by atoms with van der Waals surface area (Å²) in [4.78, 5) is 13.2. The molecule has 0 atom stereocenters. The number of para-hydroxylation sites is 2. The van der Waals surface area contributed by atoms with Gasteiger partial charge in [-0.3, -0.25) is 9.69 Å². The van der Waals surface area contributed by atoms with Crippen molar-refractivity contribution in [3.63, 3.8) is 0 Å². The number of halogens is 2. The molecular formula is C14H20F2N2O3. The van der Waals surface area contributed by atoms with E-state index in [0.717, 1.165) is 0 Å². The van der Waals surface area contributed by atoms with E-state index in [1.165, 1.54) is 12.0 Å². The van der Waals surface area contributed by atoms with E-state index in [0.29, 0.717) is 11.4 Å². The number of aliphatic hydroxyl groups is 1. The first kappa shape index (κ1) is 17.3. The van der Waals surface area contributed by atoms with Crippen molar-refractivity contribution in [3.05, 3.63) is 24.3 Å². The first-order valence-electron chi connectivity index (χ1n) is 6.61. The zero-order valence-corrected chi connectivity index (χ0v) is 11.9. The summed E-state index contributed by atoms with van der Waals surface area (Å²) < 4.78 is 29.8. The van der Waals surface area contributed by atoms with Crippen molar-refractivity contribution in [3.8, 4) is 5.75 Å². The third-order valence-corrected chi connectivity index (χ3v) is 2.85. The Balaban J connectivity index is 2.48. The van der Waals surface area contributed by atoms with Crippen LogP contribution in [-0.2, 0) is 4.79 Å². The summed E-state index contributed by atoms with van der Waals surface area (Å²) >= 11 is 0. The molecule has 0 saturated heterocycles. The Hall–Kier alpha value is -1.73. The van der Waals surface area contributed by atoms with E-state index in [1.807, 2.05) is 0 Å². The number of anilines is 1. The molecule has 0 aliphatic rings. The third kappa shape index (κ3) is 6.50. The first-order valence-corrected chi connectivity index (χ1v) is 6.61. The summed E-state index contributed by atoms with van der Waals surface area (Å²) in [5.41, 5.74) is 0.535. The number of nitrogens with one attached hydrogen (secondary N) is 1. The second-order valence-corrected chi connectivity index (χ2v) is 4.41. The lowest BCUT2D eigenvalue weighted by molar-refractivity contribution is -0.116. The Bertz CT molecular complexity index is 444. The summed E-state index contributed by atoms with van der Waals surface area (Å²) in [5, 5.41) is 11.5. The SMILES string of the molecule is COc1ccccc1NC(=O)CCN(CCO)CC(F)F. The molecule has 0 saturated carbocycles. The van der Waals surface area contributed by atoms with Gasteiger partial charge in [0.15, 0.2) is 0 Å². The number of nitrogens with zero attached hydrogens (tertiary/aromatic N) is 1. The molecule has 5 nitrogen and oxygen atoms in total. The molecule has 0 aliphatic carbocycles. The number of hydrogen-bond donors (Lipinski definition) is 2. The van der Waals surface area contributed by atoms with E-state index >= 15 is 0 Å². The van der Waals surface area contributed by atoms with E-state index in [4.69, 9.17) is 9.84 Å². The smallest absolute Gasteiger partial charge is 0.251 e. The fourth-order valence-corrected chi connectivity index (χ4v) is 1.85. The van der Waals surface area contributed by atoms with Gasteiger partial charge in [0.05, 0.1) is 25.9 Å². The van der Waals surface area contributed by atoms with Crippen LogP contribution < -0.4 is 10.1 Å². The number of rotatable bonds is 9. The van der Waals surface area contributed by atoms with Crippen molar-refractivity contribution >= 4 is 11.6 Å². The minimum absolute atomic E-state index is 0.0603. The lowest BCUT2D eigenvalue weighted by Crippen LogP contribution is -2.34. The Morgan fingerprint density at radius 3 is 2.71 bits per heavy atom. The molecule has 0 aromatic heterocycles. The van der Waals surface area contributed by atoms with Gasteiger partial charge < -0.3 is 15.2 Å². The summed E-state index contributed by atoms with van der Waals surface area (Å²) in [6.45, 7) is -0.401. The van der Waals surface area contributed by atoms with Gasteiger partial charge in [-0.05, 0) is 12.1 Å². The van der Waals surface area contributed by atoms with Crippen molar-refractivity contribution in [2.45, 2.75) is 12.8 Å². The number of carbonyl (C=O) groups excluding carboxylic acids is 1. The lowest BCUT2D eigenvalue weighted by Gasteiger charge is -2.20. The normalized spacial score (nSPS) is 11.0. The van der Waals surface area contributed by atoms with Crippen LogP contribution in [0.25, 0.3) is 0 Å². The van der Waals surface area contributed by atoms with Crippen LogP contribution in [0.2, 0.25) is 0 Å². The highest BCUT2D eigenvalue weighted by Gasteiger charge is 2.14. The third-order valence-electron chi connectivity index (χ3n) is 2.85. The Morgan fingerprint density at radius 1 is 1.38 bits per heavy atom. The summed E-state index contributed by atoms with van der Waals surface area (Å²) in [6.07, 6.45) is -2.43. The van der Waals surface area contributed by atoms with Gasteiger partial charge in [-0.2, -0.15) is 0 Å². The molecule has 1 amide bonds. The molecule has 0 heterocycles. The van der Waals surface area contributed by atoms with Crippen LogP contribution in [0, 0.1) is 0 Å². The molecule has 2 N–H and O–H groups in total. The highest BCUT2D eigenvalue weighted by Crippen LogP contribution is 2.23. The van der Waals surface area contributed by atoms with Crippen LogP contribution >= 0.6 is 0 Å². The van der Waals surface area contributed by atoms with Gasteiger partial charge in [0.25, 0.3) is 6.43 Å². The molecule has 0 radical (unpaired) electrons. The summed E-state index contributed by atoms with van der Waals surface area (Å²) in [5.74, 6) is 0.238. The molecule has 118 valence electrons. The number of carbonyl (C=O) groups is 1. The van der Waals surface area contributed by atoms with Crippen LogP contribution in [0.5, 0.6) is 5.75 Å². The van der Waals surface area contributed by atoms with Gasteiger partial charge in [-0.15, -0.1) is 0 Å². The maximum atomic E-state index is 12.3. The molecule has 0 aliphatic heterocycles. The molecule has 7 heteroatoms. The van der Waals surface area contributed by atoms with Gasteiger partial charge in [0.2, 0.25) is 5.91 Å². The van der Waals surface area contributed by atoms with E-state index in [9.17, 15) is 13.6 Å². The zero-order valence-electron chi connectivity index (χ0n) is 11.9. The molecule has 1 rings (SSSR count). The van der Waals surface area contributed by atoms with E-state index in [-0.39, 0.29) is 32.0 Å². The van der Waals surface area contributed by atoms with Gasteiger partial charge in [-0.1, -0.05) is 12.1 Å². The van der Waals surface area contributed by atoms with Gasteiger partial charge in [0.1, 0.15) is 5.75 Å². The van der Waals surface area contributed by atoms with E-state index in [1.54, 1.807) is 24.3 Å². The van der Waals surface area contributed by atoms with Gasteiger partial charge >= 0.3 is 0 Å². The molecule has 1 aromatic rings. The second kappa shape index (κ2) is 9.25. The standard InChI is InChI=1S/C14H20F2N2O3/c1-21-12-5-3-2-4-11(12)17-14(20)6-7-18(8-9-19)10-13(15)16/h2-5,13,19H,6-10H2,1H3,(H,17,20). The number of amides is 1. The van der Waals surface area contributed by atoms with Crippen molar-refractivity contribution in [1.29, 1.82) is 0 Å². The summed E-state index contributed by atoms with van der Waals surface area (Å²) in [7, 11) is 1.50. The van der Waals surface area contributed by atoms with Gasteiger partial charge in [-0.25, -0.2) is 8.78 Å². The highest BCUT2D eigenvalue weighted by molar-refractivity contribution is 5.92. The van der Waals surface area contributed by atoms with Crippen molar-refractivity contribution in [2.24, 2.45) is 0 Å². The minimum atomic E-state index is -2.49. The Morgan fingerprint density at radius 2 is 2.10 bits per heavy atom. The van der Waals surface area contributed by atoms with Crippen LogP contribution in [0.15, 0.2) is 24.3 Å². The maximum absolute atomic E-state index is 12.3. The highest BCUT2D eigenvalue weighted by atomic mass is 19.3. The average molecular weight is 302 g/mol. The van der Waals surface area contributed by atoms with Crippen molar-refractivity contribution in [1.82, 2.24) is 4.90 Å².